The van der Waals surface area contributed by atoms with Crippen LogP contribution in [0.25, 0.3) is 0 Å². The van der Waals surface area contributed by atoms with Crippen molar-refractivity contribution in [2.45, 2.75) is 31.8 Å². The van der Waals surface area contributed by atoms with Gasteiger partial charge >= 0.3 is 0 Å². The van der Waals surface area contributed by atoms with Gasteiger partial charge in [-0.05, 0) is 50.7 Å². The first-order valence-corrected chi connectivity index (χ1v) is 8.95. The molecule has 0 radical (unpaired) electrons. The highest BCUT2D eigenvalue weighted by Gasteiger charge is 2.35. The third kappa shape index (κ3) is 4.51. The lowest BCUT2D eigenvalue weighted by molar-refractivity contribution is -0.129. The summed E-state index contributed by atoms with van der Waals surface area (Å²) in [5, 5.41) is 3.14. The monoisotopic (exact) mass is 345 g/mol. The van der Waals surface area contributed by atoms with Crippen molar-refractivity contribution >= 4 is 11.8 Å². The van der Waals surface area contributed by atoms with Crippen molar-refractivity contribution in [1.82, 2.24) is 15.1 Å². The molecule has 6 nitrogen and oxygen atoms in total. The van der Waals surface area contributed by atoms with Crippen molar-refractivity contribution in [3.63, 3.8) is 0 Å². The fraction of sp³-hybridized carbons (Fsp3) is 0.579. The lowest BCUT2D eigenvalue weighted by Gasteiger charge is -2.30. The number of amides is 2. The Hall–Kier alpha value is -2.08. The van der Waals surface area contributed by atoms with Crippen LogP contribution in [0.5, 0.6) is 5.75 Å². The molecular weight excluding hydrogens is 318 g/mol. The summed E-state index contributed by atoms with van der Waals surface area (Å²) in [5.74, 6) is 0.650. The second kappa shape index (κ2) is 7.87. The number of rotatable bonds is 5. The van der Waals surface area contributed by atoms with Crippen LogP contribution in [0.1, 0.15) is 24.8 Å². The van der Waals surface area contributed by atoms with Gasteiger partial charge in [-0.15, -0.1) is 0 Å². The van der Waals surface area contributed by atoms with Crippen molar-refractivity contribution in [2.75, 3.05) is 33.8 Å². The van der Waals surface area contributed by atoms with Crippen LogP contribution in [0.2, 0.25) is 0 Å². The van der Waals surface area contributed by atoms with Crippen molar-refractivity contribution in [2.24, 2.45) is 5.92 Å². The zero-order valence-corrected chi connectivity index (χ0v) is 15.0. The fourth-order valence-corrected chi connectivity index (χ4v) is 3.52. The summed E-state index contributed by atoms with van der Waals surface area (Å²) in [5.41, 5.74) is 1.05. The lowest BCUT2D eigenvalue weighted by Crippen LogP contribution is -2.45. The maximum atomic E-state index is 12.5. The van der Waals surface area contributed by atoms with E-state index in [0.717, 1.165) is 37.2 Å². The van der Waals surface area contributed by atoms with E-state index in [0.29, 0.717) is 19.5 Å². The normalized spacial score (nSPS) is 22.2. The maximum absolute atomic E-state index is 12.5. The summed E-state index contributed by atoms with van der Waals surface area (Å²) in [7, 11) is 3.73. The van der Waals surface area contributed by atoms with Gasteiger partial charge in [0, 0.05) is 25.6 Å². The highest BCUT2D eigenvalue weighted by molar-refractivity contribution is 5.89. The number of carbonyl (C=O) groups is 2. The van der Waals surface area contributed by atoms with Crippen LogP contribution in [0.15, 0.2) is 24.3 Å². The lowest BCUT2D eigenvalue weighted by atomic mass is 10.0. The van der Waals surface area contributed by atoms with Crippen LogP contribution in [-0.2, 0) is 16.1 Å². The smallest absolute Gasteiger partial charge is 0.225 e. The summed E-state index contributed by atoms with van der Waals surface area (Å²) in [6.45, 7) is 3.07. The zero-order valence-electron chi connectivity index (χ0n) is 15.0. The average molecular weight is 345 g/mol. The van der Waals surface area contributed by atoms with E-state index in [1.54, 1.807) is 12.0 Å². The number of benzene rings is 1. The van der Waals surface area contributed by atoms with E-state index in [2.05, 4.69) is 17.3 Å². The second-order valence-electron chi connectivity index (χ2n) is 7.11. The van der Waals surface area contributed by atoms with Crippen molar-refractivity contribution in [3.05, 3.63) is 29.8 Å². The van der Waals surface area contributed by atoms with E-state index in [-0.39, 0.29) is 23.8 Å². The van der Waals surface area contributed by atoms with Crippen molar-refractivity contribution in [3.8, 4) is 5.75 Å². The summed E-state index contributed by atoms with van der Waals surface area (Å²) in [6.07, 6.45) is 2.28. The van der Waals surface area contributed by atoms with E-state index >= 15 is 0 Å². The van der Waals surface area contributed by atoms with E-state index in [1.165, 1.54) is 0 Å². The summed E-state index contributed by atoms with van der Waals surface area (Å²) in [4.78, 5) is 28.8. The Morgan fingerprint density at radius 2 is 1.92 bits per heavy atom. The van der Waals surface area contributed by atoms with Crippen LogP contribution in [0.3, 0.4) is 0 Å². The van der Waals surface area contributed by atoms with E-state index in [9.17, 15) is 9.59 Å². The maximum Gasteiger partial charge on any atom is 0.225 e. The highest BCUT2D eigenvalue weighted by atomic mass is 16.5. The number of methoxy groups -OCH3 is 1. The van der Waals surface area contributed by atoms with Crippen molar-refractivity contribution in [1.29, 1.82) is 0 Å². The molecule has 0 unspecified atom stereocenters. The Morgan fingerprint density at radius 1 is 1.24 bits per heavy atom. The number of hydrogen-bond acceptors (Lipinski definition) is 4. The minimum Gasteiger partial charge on any atom is -0.497 e. The van der Waals surface area contributed by atoms with Gasteiger partial charge in [-0.25, -0.2) is 0 Å². The number of ether oxygens (including phenoxy) is 1. The minimum atomic E-state index is -0.231. The Labute approximate surface area is 149 Å². The number of hydrogen-bond donors (Lipinski definition) is 1. The molecule has 136 valence electrons. The van der Waals surface area contributed by atoms with Gasteiger partial charge in [-0.2, -0.15) is 0 Å². The molecule has 2 heterocycles. The molecule has 0 aromatic heterocycles. The van der Waals surface area contributed by atoms with Gasteiger partial charge in [-0.3, -0.25) is 9.59 Å². The van der Waals surface area contributed by atoms with Crippen LogP contribution >= 0.6 is 0 Å². The standard InChI is InChI=1S/C19H27N3O3/c1-21-9-7-16(8-10-21)20-19(24)15-11-18(23)22(13-15)12-14-3-5-17(25-2)6-4-14/h3-6,15-16H,7-13H2,1-2H3,(H,20,24)/t15-/m1/s1. The summed E-state index contributed by atoms with van der Waals surface area (Å²) < 4.78 is 5.15. The summed E-state index contributed by atoms with van der Waals surface area (Å²) in [6, 6.07) is 7.94. The number of nitrogens with zero attached hydrogens (tertiary/aromatic N) is 2. The van der Waals surface area contributed by atoms with Gasteiger partial charge in [0.15, 0.2) is 0 Å². The molecule has 1 aromatic carbocycles. The SMILES string of the molecule is COc1ccc(CN2C[C@H](C(=O)NC3CCN(C)CC3)CC2=O)cc1. The number of likely N-dealkylation sites (tertiary alicyclic amines) is 2. The van der Waals surface area contributed by atoms with Gasteiger partial charge in [0.2, 0.25) is 11.8 Å². The molecule has 25 heavy (non-hydrogen) atoms. The van der Waals surface area contributed by atoms with Gasteiger partial charge in [-0.1, -0.05) is 12.1 Å². The Kier molecular flexibility index (Phi) is 5.58. The molecule has 1 aromatic rings. The second-order valence-corrected chi connectivity index (χ2v) is 7.11. The highest BCUT2D eigenvalue weighted by Crippen LogP contribution is 2.22. The van der Waals surface area contributed by atoms with Crippen LogP contribution < -0.4 is 10.1 Å². The first-order valence-electron chi connectivity index (χ1n) is 8.95. The molecule has 2 amide bonds. The largest absolute Gasteiger partial charge is 0.497 e. The molecule has 0 spiro atoms. The minimum absolute atomic E-state index is 0.0279. The third-order valence-corrected chi connectivity index (χ3v) is 5.18. The van der Waals surface area contributed by atoms with E-state index < -0.39 is 0 Å². The molecule has 0 saturated carbocycles. The molecule has 2 saturated heterocycles. The first kappa shape index (κ1) is 17.7. The quantitative estimate of drug-likeness (QED) is 0.873. The third-order valence-electron chi connectivity index (χ3n) is 5.18. The fourth-order valence-electron chi connectivity index (χ4n) is 3.52. The van der Waals surface area contributed by atoms with Crippen LogP contribution in [0, 0.1) is 5.92 Å². The molecule has 1 N–H and O–H groups in total. The molecule has 2 fully saturated rings. The van der Waals surface area contributed by atoms with Gasteiger partial charge < -0.3 is 19.9 Å². The molecule has 0 aliphatic carbocycles. The molecular formula is C19H27N3O3. The number of nitrogens with one attached hydrogen (secondary N) is 1. The Morgan fingerprint density at radius 3 is 2.56 bits per heavy atom. The zero-order chi connectivity index (χ0) is 17.8. The topological polar surface area (TPSA) is 61.9 Å². The first-order chi connectivity index (χ1) is 12.0. The molecule has 0 bridgehead atoms. The Bertz CT molecular complexity index is 609. The number of piperidine rings is 1. The summed E-state index contributed by atoms with van der Waals surface area (Å²) >= 11 is 0. The van der Waals surface area contributed by atoms with Gasteiger partial charge in [0.05, 0.1) is 13.0 Å². The van der Waals surface area contributed by atoms with E-state index in [1.807, 2.05) is 24.3 Å². The van der Waals surface area contributed by atoms with Crippen LogP contribution in [0.4, 0.5) is 0 Å². The van der Waals surface area contributed by atoms with Gasteiger partial charge in [0.25, 0.3) is 0 Å². The molecule has 2 aliphatic heterocycles. The molecule has 2 aliphatic rings. The predicted octanol–water partition coefficient (Wildman–Crippen LogP) is 1.25. The Balaban J connectivity index is 1.51. The van der Waals surface area contributed by atoms with E-state index in [4.69, 9.17) is 4.74 Å². The molecule has 3 rings (SSSR count). The van der Waals surface area contributed by atoms with Gasteiger partial charge in [0.1, 0.15) is 5.75 Å². The molecule has 6 heteroatoms. The predicted molar refractivity (Wildman–Crippen MR) is 95.2 cm³/mol. The van der Waals surface area contributed by atoms with Crippen LogP contribution in [-0.4, -0.2) is 61.4 Å². The number of carbonyl (C=O) groups excluding carboxylic acids is 2. The molecule has 1 atom stereocenters. The average Bonchev–Trinajstić information content (AvgIpc) is 2.98. The van der Waals surface area contributed by atoms with Crippen molar-refractivity contribution < 1.29 is 14.3 Å².